The summed E-state index contributed by atoms with van der Waals surface area (Å²) in [4.78, 5) is 0. The molecule has 0 bridgehead atoms. The third kappa shape index (κ3) is 0.999. The summed E-state index contributed by atoms with van der Waals surface area (Å²) >= 11 is 0. The maximum atomic E-state index is 9.58. The van der Waals surface area contributed by atoms with Crippen LogP contribution in [0.2, 0.25) is 0 Å². The van der Waals surface area contributed by atoms with Gasteiger partial charge in [0.2, 0.25) is 0 Å². The van der Waals surface area contributed by atoms with E-state index in [-0.39, 0.29) is 0 Å². The smallest absolute Gasteiger partial charge is 0.256 e. The number of methoxy groups -OCH3 is 1. The Kier molecular flexibility index (Phi) is 2.09. The lowest BCUT2D eigenvalue weighted by Crippen LogP contribution is -2.58. The highest BCUT2D eigenvalue weighted by molar-refractivity contribution is 5.12. The molecule has 2 rings (SSSR count). The average Bonchev–Trinajstić information content (AvgIpc) is 2.80. The van der Waals surface area contributed by atoms with Crippen LogP contribution in [0.1, 0.15) is 0 Å². The molecule has 0 amide bonds. The van der Waals surface area contributed by atoms with Gasteiger partial charge in [-0.05, 0) is 0 Å². The molecule has 0 aromatic heterocycles. The first-order valence-corrected chi connectivity index (χ1v) is 4.11. The molecule has 1 unspecified atom stereocenters. The van der Waals surface area contributed by atoms with Crippen LogP contribution in [-0.2, 0) is 14.2 Å². The number of ether oxygens (including phenoxy) is 3. The molecular formula is C7H12O7. The Morgan fingerprint density at radius 2 is 2.07 bits per heavy atom. The molecular weight excluding hydrogens is 196 g/mol. The molecule has 2 fully saturated rings. The Bertz CT molecular complexity index is 246. The van der Waals surface area contributed by atoms with E-state index in [4.69, 9.17) is 19.3 Å². The highest BCUT2D eigenvalue weighted by atomic mass is 16.9. The van der Waals surface area contributed by atoms with Crippen molar-refractivity contribution in [3.63, 3.8) is 0 Å². The lowest BCUT2D eigenvalue weighted by Gasteiger charge is -2.34. The minimum atomic E-state index is -2.05. The molecule has 2 saturated heterocycles. The monoisotopic (exact) mass is 208 g/mol. The Morgan fingerprint density at radius 3 is 2.57 bits per heavy atom. The minimum Gasteiger partial charge on any atom is -0.391 e. The largest absolute Gasteiger partial charge is 0.391 e. The summed E-state index contributed by atoms with van der Waals surface area (Å²) in [6.07, 6.45) is -4.14. The first-order valence-electron chi connectivity index (χ1n) is 4.11. The zero-order chi connectivity index (χ0) is 10.6. The highest BCUT2D eigenvalue weighted by Crippen LogP contribution is 2.54. The van der Waals surface area contributed by atoms with Gasteiger partial charge in [-0.3, -0.25) is 0 Å². The summed E-state index contributed by atoms with van der Waals surface area (Å²) < 4.78 is 14.4. The molecule has 0 radical (unpaired) electrons. The zero-order valence-electron chi connectivity index (χ0n) is 7.45. The van der Waals surface area contributed by atoms with Crippen LogP contribution < -0.4 is 0 Å². The number of fused-ring (bicyclic) bond motifs is 1. The number of rotatable bonds is 2. The highest BCUT2D eigenvalue weighted by Gasteiger charge is 2.80. The zero-order valence-corrected chi connectivity index (χ0v) is 7.45. The third-order valence-corrected chi connectivity index (χ3v) is 2.57. The van der Waals surface area contributed by atoms with Gasteiger partial charge in [0, 0.05) is 7.11 Å². The predicted octanol–water partition coefficient (Wildman–Crippen LogP) is -2.88. The fourth-order valence-electron chi connectivity index (χ4n) is 1.63. The lowest BCUT2D eigenvalue weighted by atomic mass is 9.99. The van der Waals surface area contributed by atoms with Crippen LogP contribution in [-0.4, -0.2) is 64.2 Å². The Morgan fingerprint density at radius 1 is 1.43 bits per heavy atom. The van der Waals surface area contributed by atoms with E-state index < -0.39 is 36.7 Å². The predicted molar refractivity (Wildman–Crippen MR) is 39.7 cm³/mol. The van der Waals surface area contributed by atoms with E-state index in [9.17, 15) is 15.3 Å². The van der Waals surface area contributed by atoms with Gasteiger partial charge in [0.1, 0.15) is 18.8 Å². The molecule has 7 heteroatoms. The van der Waals surface area contributed by atoms with E-state index in [0.29, 0.717) is 0 Å². The van der Waals surface area contributed by atoms with Crippen LogP contribution in [0.15, 0.2) is 0 Å². The first-order chi connectivity index (χ1) is 6.50. The van der Waals surface area contributed by atoms with Crippen molar-refractivity contribution in [1.29, 1.82) is 0 Å². The van der Waals surface area contributed by atoms with Gasteiger partial charge in [0.25, 0.3) is 11.6 Å². The van der Waals surface area contributed by atoms with Crippen molar-refractivity contribution < 1.29 is 34.6 Å². The first kappa shape index (κ1) is 10.2. The van der Waals surface area contributed by atoms with E-state index in [1.165, 1.54) is 7.11 Å². The van der Waals surface area contributed by atoms with E-state index in [1.807, 2.05) is 0 Å². The Labute approximate surface area is 79.4 Å². The molecule has 0 aromatic carbocycles. The summed E-state index contributed by atoms with van der Waals surface area (Å²) in [6, 6.07) is 0. The van der Waals surface area contributed by atoms with Crippen LogP contribution in [0.25, 0.3) is 0 Å². The minimum absolute atomic E-state index is 0.632. The van der Waals surface area contributed by atoms with E-state index >= 15 is 0 Å². The van der Waals surface area contributed by atoms with Crippen molar-refractivity contribution in [1.82, 2.24) is 0 Å². The molecule has 5 atom stereocenters. The average molecular weight is 208 g/mol. The summed E-state index contributed by atoms with van der Waals surface area (Å²) in [5.41, 5.74) is 0. The Balaban J connectivity index is 2.22. The molecule has 7 nitrogen and oxygen atoms in total. The van der Waals surface area contributed by atoms with Gasteiger partial charge < -0.3 is 34.6 Å². The van der Waals surface area contributed by atoms with Gasteiger partial charge in [-0.1, -0.05) is 0 Å². The van der Waals surface area contributed by atoms with E-state index in [2.05, 4.69) is 0 Å². The van der Waals surface area contributed by atoms with Gasteiger partial charge in [-0.15, -0.1) is 0 Å². The third-order valence-electron chi connectivity index (χ3n) is 2.57. The van der Waals surface area contributed by atoms with Gasteiger partial charge in [-0.2, -0.15) is 0 Å². The molecule has 2 aliphatic rings. The second-order valence-corrected chi connectivity index (χ2v) is 3.37. The molecule has 0 saturated carbocycles. The normalized spacial score (nSPS) is 56.8. The van der Waals surface area contributed by atoms with Crippen LogP contribution in [0.4, 0.5) is 0 Å². The van der Waals surface area contributed by atoms with Gasteiger partial charge in [0.15, 0.2) is 6.29 Å². The van der Waals surface area contributed by atoms with Gasteiger partial charge in [-0.25, -0.2) is 0 Å². The number of aliphatic hydroxyl groups excluding tert-OH is 3. The maximum absolute atomic E-state index is 9.58. The van der Waals surface area contributed by atoms with Crippen molar-refractivity contribution in [3.05, 3.63) is 0 Å². The molecule has 2 heterocycles. The summed E-state index contributed by atoms with van der Waals surface area (Å²) in [5.74, 6) is -3.72. The quantitative estimate of drug-likeness (QED) is 0.360. The van der Waals surface area contributed by atoms with E-state index in [1.54, 1.807) is 0 Å². The summed E-state index contributed by atoms with van der Waals surface area (Å²) in [7, 11) is 1.26. The standard InChI is InChI=1S/C7H12O7/c1-12-5-3(9)4(10)7(11)6(2-8,13-5)14-7/h3-5,8-11H,2H2,1H3/t3-,4+,5-,6?,7+/m0/s1. The SMILES string of the molecule is CO[C@H]1OC2(CO)O[C@]2(O)[C@H](O)[C@@H]1O. The van der Waals surface area contributed by atoms with Crippen molar-refractivity contribution in [2.24, 2.45) is 0 Å². The number of aliphatic hydroxyl groups is 4. The van der Waals surface area contributed by atoms with Crippen molar-refractivity contribution >= 4 is 0 Å². The van der Waals surface area contributed by atoms with Crippen LogP contribution in [0.3, 0.4) is 0 Å². The molecule has 0 spiro atoms. The molecule has 0 aliphatic carbocycles. The van der Waals surface area contributed by atoms with Crippen LogP contribution >= 0.6 is 0 Å². The summed E-state index contributed by atoms with van der Waals surface area (Å²) in [6.45, 7) is -0.632. The van der Waals surface area contributed by atoms with Crippen molar-refractivity contribution in [2.45, 2.75) is 30.1 Å². The second-order valence-electron chi connectivity index (χ2n) is 3.37. The van der Waals surface area contributed by atoms with Crippen molar-refractivity contribution in [2.75, 3.05) is 13.7 Å². The van der Waals surface area contributed by atoms with Gasteiger partial charge in [0.05, 0.1) is 0 Å². The second kappa shape index (κ2) is 2.86. The fourth-order valence-corrected chi connectivity index (χ4v) is 1.63. The van der Waals surface area contributed by atoms with Crippen molar-refractivity contribution in [3.8, 4) is 0 Å². The molecule has 14 heavy (non-hydrogen) atoms. The molecule has 2 aliphatic heterocycles. The number of hydrogen-bond acceptors (Lipinski definition) is 7. The number of hydrogen-bond donors (Lipinski definition) is 4. The summed E-state index contributed by atoms with van der Waals surface area (Å²) in [5, 5.41) is 37.3. The van der Waals surface area contributed by atoms with Gasteiger partial charge >= 0.3 is 0 Å². The fraction of sp³-hybridized carbons (Fsp3) is 1.00. The van der Waals surface area contributed by atoms with Crippen LogP contribution in [0, 0.1) is 0 Å². The van der Waals surface area contributed by atoms with Crippen LogP contribution in [0.5, 0.6) is 0 Å². The Hall–Kier alpha value is -0.280. The lowest BCUT2D eigenvalue weighted by molar-refractivity contribution is -0.295. The molecule has 4 N–H and O–H groups in total. The maximum Gasteiger partial charge on any atom is 0.256 e. The topological polar surface area (TPSA) is 112 Å². The number of epoxide rings is 1. The molecule has 0 aromatic rings. The van der Waals surface area contributed by atoms with E-state index in [0.717, 1.165) is 0 Å². The molecule has 82 valence electrons.